The van der Waals surface area contributed by atoms with Crippen LogP contribution in [0.4, 0.5) is 0 Å². The molecule has 2 rings (SSSR count). The van der Waals surface area contributed by atoms with E-state index in [0.717, 1.165) is 17.5 Å². The molecule has 0 aliphatic heterocycles. The summed E-state index contributed by atoms with van der Waals surface area (Å²) in [6, 6.07) is 6.67. The number of benzene rings is 1. The largest absolute Gasteiger partial charge is 0.334 e. The Hall–Kier alpha value is -1.39. The molecule has 0 aliphatic carbocycles. The van der Waals surface area contributed by atoms with Crippen molar-refractivity contribution in [2.24, 2.45) is 12.8 Å². The van der Waals surface area contributed by atoms with Gasteiger partial charge in [-0.1, -0.05) is 6.07 Å². The molecule has 0 amide bonds. The molecular weight excluding hydrogens is 224 g/mol. The molecule has 0 bridgehead atoms. The smallest absolute Gasteiger partial charge is 0.0955 e. The number of nitrogens with two attached hydrogens (primary N) is 1. The number of hydrogen-bond acceptors (Lipinski definition) is 3. The van der Waals surface area contributed by atoms with Crippen molar-refractivity contribution in [3.63, 3.8) is 0 Å². The van der Waals surface area contributed by atoms with Crippen LogP contribution in [0.15, 0.2) is 24.5 Å². The van der Waals surface area contributed by atoms with Crippen molar-refractivity contribution < 1.29 is 0 Å². The summed E-state index contributed by atoms with van der Waals surface area (Å²) in [6.07, 6.45) is 2.73. The number of nitrogens with zero attached hydrogens (tertiary/aromatic N) is 2. The molecule has 0 fully saturated rings. The van der Waals surface area contributed by atoms with Crippen LogP contribution in [0, 0.1) is 0 Å². The Kier molecular flexibility index (Phi) is 3.41. The second-order valence-corrected chi connectivity index (χ2v) is 5.64. The monoisotopic (exact) mass is 246 g/mol. The first-order chi connectivity index (χ1) is 8.40. The molecule has 1 heterocycles. The van der Waals surface area contributed by atoms with E-state index in [9.17, 15) is 0 Å². The number of hydrogen-bond donors (Lipinski definition) is 2. The minimum absolute atomic E-state index is 0.188. The molecule has 1 atom stereocenters. The van der Waals surface area contributed by atoms with Crippen molar-refractivity contribution in [1.82, 2.24) is 14.9 Å². The molecule has 0 aliphatic rings. The third-order valence-corrected chi connectivity index (χ3v) is 3.23. The van der Waals surface area contributed by atoms with Crippen LogP contribution in [-0.2, 0) is 7.05 Å². The van der Waals surface area contributed by atoms with E-state index in [1.807, 2.05) is 25.0 Å². The third kappa shape index (κ3) is 2.71. The number of aromatic nitrogens is 2. The zero-order valence-corrected chi connectivity index (χ0v) is 11.6. The van der Waals surface area contributed by atoms with Gasteiger partial charge >= 0.3 is 0 Å². The second-order valence-electron chi connectivity index (χ2n) is 5.64. The minimum atomic E-state index is -0.188. The zero-order valence-electron chi connectivity index (χ0n) is 11.6. The molecule has 4 nitrogen and oxygen atoms in total. The lowest BCUT2D eigenvalue weighted by Gasteiger charge is -2.26. The van der Waals surface area contributed by atoms with Crippen LogP contribution >= 0.6 is 0 Å². The SMILES string of the molecule is CNC(CC(C)(C)N)c1ccc2c(c1)ncn2C. The van der Waals surface area contributed by atoms with Crippen molar-refractivity contribution in [2.75, 3.05) is 7.05 Å². The molecule has 1 aromatic carbocycles. The van der Waals surface area contributed by atoms with Gasteiger partial charge in [-0.2, -0.15) is 0 Å². The summed E-state index contributed by atoms with van der Waals surface area (Å²) in [7, 11) is 3.98. The van der Waals surface area contributed by atoms with Gasteiger partial charge in [-0.05, 0) is 45.0 Å². The first-order valence-corrected chi connectivity index (χ1v) is 6.28. The number of fused-ring (bicyclic) bond motifs is 1. The Labute approximate surface area is 108 Å². The lowest BCUT2D eigenvalue weighted by atomic mass is 9.92. The first kappa shape index (κ1) is 13.1. The van der Waals surface area contributed by atoms with Crippen LogP contribution < -0.4 is 11.1 Å². The summed E-state index contributed by atoms with van der Waals surface area (Å²) in [5.41, 5.74) is 9.34. The maximum absolute atomic E-state index is 6.11. The van der Waals surface area contributed by atoms with Gasteiger partial charge in [0.1, 0.15) is 0 Å². The highest BCUT2D eigenvalue weighted by Gasteiger charge is 2.19. The van der Waals surface area contributed by atoms with Gasteiger partial charge in [-0.25, -0.2) is 4.98 Å². The predicted octanol–water partition coefficient (Wildman–Crippen LogP) is 1.96. The van der Waals surface area contributed by atoms with E-state index in [4.69, 9.17) is 5.73 Å². The molecule has 0 saturated carbocycles. The van der Waals surface area contributed by atoms with Gasteiger partial charge in [0, 0.05) is 18.6 Å². The van der Waals surface area contributed by atoms with Crippen molar-refractivity contribution in [3.05, 3.63) is 30.1 Å². The number of nitrogens with one attached hydrogen (secondary N) is 1. The molecule has 18 heavy (non-hydrogen) atoms. The highest BCUT2D eigenvalue weighted by atomic mass is 15.0. The Morgan fingerprint density at radius 2 is 2.17 bits per heavy atom. The average Bonchev–Trinajstić information content (AvgIpc) is 2.66. The predicted molar refractivity (Wildman–Crippen MR) is 75.4 cm³/mol. The standard InChI is InChI=1S/C14H22N4/c1-14(2,15)8-12(16-3)10-5-6-13-11(7-10)17-9-18(13)4/h5-7,9,12,16H,8,15H2,1-4H3. The summed E-state index contributed by atoms with van der Waals surface area (Å²) in [5.74, 6) is 0. The van der Waals surface area contributed by atoms with Gasteiger partial charge in [-0.15, -0.1) is 0 Å². The highest BCUT2D eigenvalue weighted by molar-refractivity contribution is 5.76. The molecule has 0 saturated heterocycles. The maximum Gasteiger partial charge on any atom is 0.0955 e. The van der Waals surface area contributed by atoms with Crippen LogP contribution in [0.1, 0.15) is 31.9 Å². The lowest BCUT2D eigenvalue weighted by Crippen LogP contribution is -2.36. The third-order valence-electron chi connectivity index (χ3n) is 3.23. The van der Waals surface area contributed by atoms with E-state index >= 15 is 0 Å². The normalized spacial score (nSPS) is 14.1. The number of imidazole rings is 1. The molecule has 2 aromatic rings. The summed E-state index contributed by atoms with van der Waals surface area (Å²) >= 11 is 0. The molecule has 98 valence electrons. The highest BCUT2D eigenvalue weighted by Crippen LogP contribution is 2.24. The van der Waals surface area contributed by atoms with Crippen molar-refractivity contribution in [1.29, 1.82) is 0 Å². The van der Waals surface area contributed by atoms with E-state index in [0.29, 0.717) is 0 Å². The quantitative estimate of drug-likeness (QED) is 0.867. The van der Waals surface area contributed by atoms with E-state index in [1.54, 1.807) is 0 Å². The summed E-state index contributed by atoms with van der Waals surface area (Å²) < 4.78 is 2.03. The molecule has 4 heteroatoms. The molecular formula is C14H22N4. The van der Waals surface area contributed by atoms with Crippen LogP contribution in [0.3, 0.4) is 0 Å². The van der Waals surface area contributed by atoms with Crippen molar-refractivity contribution in [2.45, 2.75) is 31.8 Å². The van der Waals surface area contributed by atoms with Gasteiger partial charge in [0.2, 0.25) is 0 Å². The summed E-state index contributed by atoms with van der Waals surface area (Å²) in [4.78, 5) is 4.40. The van der Waals surface area contributed by atoms with E-state index in [1.165, 1.54) is 5.56 Å². The fraction of sp³-hybridized carbons (Fsp3) is 0.500. The Balaban J connectivity index is 2.33. The fourth-order valence-electron chi connectivity index (χ4n) is 2.28. The number of aryl methyl sites for hydroxylation is 1. The topological polar surface area (TPSA) is 55.9 Å². The van der Waals surface area contributed by atoms with Crippen LogP contribution in [0.5, 0.6) is 0 Å². The Morgan fingerprint density at radius 3 is 2.78 bits per heavy atom. The molecule has 0 spiro atoms. The van der Waals surface area contributed by atoms with Crippen LogP contribution in [0.25, 0.3) is 11.0 Å². The lowest BCUT2D eigenvalue weighted by molar-refractivity contribution is 0.396. The maximum atomic E-state index is 6.11. The second kappa shape index (κ2) is 4.71. The zero-order chi connectivity index (χ0) is 13.3. The molecule has 1 aromatic heterocycles. The van der Waals surface area contributed by atoms with Crippen LogP contribution in [0.2, 0.25) is 0 Å². The van der Waals surface area contributed by atoms with Gasteiger partial charge < -0.3 is 15.6 Å². The molecule has 1 unspecified atom stereocenters. The summed E-state index contributed by atoms with van der Waals surface area (Å²) in [6.45, 7) is 4.10. The molecule has 0 radical (unpaired) electrons. The van der Waals surface area contributed by atoms with Crippen LogP contribution in [-0.4, -0.2) is 22.1 Å². The molecule has 3 N–H and O–H groups in total. The van der Waals surface area contributed by atoms with Gasteiger partial charge in [0.15, 0.2) is 0 Å². The first-order valence-electron chi connectivity index (χ1n) is 6.28. The average molecular weight is 246 g/mol. The van der Waals surface area contributed by atoms with Crippen molar-refractivity contribution in [3.8, 4) is 0 Å². The minimum Gasteiger partial charge on any atom is -0.334 e. The van der Waals surface area contributed by atoms with E-state index < -0.39 is 0 Å². The van der Waals surface area contributed by atoms with E-state index in [2.05, 4.69) is 42.3 Å². The summed E-state index contributed by atoms with van der Waals surface area (Å²) in [5, 5.41) is 3.33. The Bertz CT molecular complexity index is 536. The van der Waals surface area contributed by atoms with Gasteiger partial charge in [0.25, 0.3) is 0 Å². The van der Waals surface area contributed by atoms with Crippen molar-refractivity contribution >= 4 is 11.0 Å². The fourth-order valence-corrected chi connectivity index (χ4v) is 2.28. The Morgan fingerprint density at radius 1 is 1.44 bits per heavy atom. The van der Waals surface area contributed by atoms with Gasteiger partial charge in [0.05, 0.1) is 17.4 Å². The van der Waals surface area contributed by atoms with Gasteiger partial charge in [-0.3, -0.25) is 0 Å². The number of rotatable bonds is 4. The van der Waals surface area contributed by atoms with E-state index in [-0.39, 0.29) is 11.6 Å².